The van der Waals surface area contributed by atoms with E-state index in [4.69, 9.17) is 4.74 Å². The fraction of sp³-hybridized carbons (Fsp3) is 0.194. The van der Waals surface area contributed by atoms with E-state index in [-0.39, 0.29) is 23.0 Å². The Morgan fingerprint density at radius 2 is 0.903 bits per heavy atom. The standard InChI is InChI=1S/C67H64BN3O/c1-45-39-61-64-63(40-45)72-62-44-53(70(50-27-19-13-20-28-50)51-29-21-14-22-30-51)34-37-58(62)68(64)57-36-33-52(69(48-23-15-11-16-24-48)49-25-17-12-18-26-49)43-60(57)71(61)59-38-32-47(65(2,3)4)42-54(59)46-31-35-55(66(5,6)7)56(41-46)67(8,9)10/h11-44H,1-10H3. The summed E-state index contributed by atoms with van der Waals surface area (Å²) in [6.07, 6.45) is 0. The SMILES string of the molecule is Cc1cc2c3c(c1)N(c1ccc(C(C)(C)C)cc1-c1ccc(C(C)(C)C)c(C(C)(C)C)c1)c1cc(N(c4ccccc4)c4ccccc4)ccc1B3c1ccc(N(c3ccccc3)c3ccccc3)cc1O2. The van der Waals surface area contributed by atoms with Crippen molar-refractivity contribution in [3.05, 3.63) is 229 Å². The highest BCUT2D eigenvalue weighted by molar-refractivity contribution is 6.99. The van der Waals surface area contributed by atoms with E-state index in [0.29, 0.717) is 0 Å². The number of ether oxygens (including phenoxy) is 1. The molecule has 2 aliphatic rings. The Labute approximate surface area is 428 Å². The summed E-state index contributed by atoms with van der Waals surface area (Å²) < 4.78 is 7.26. The van der Waals surface area contributed by atoms with Crippen LogP contribution in [0.4, 0.5) is 51.2 Å². The molecule has 0 atom stereocenters. The molecule has 4 nitrogen and oxygen atoms in total. The smallest absolute Gasteiger partial charge is 0.256 e. The largest absolute Gasteiger partial charge is 0.458 e. The van der Waals surface area contributed by atoms with Gasteiger partial charge in [-0.2, -0.15) is 0 Å². The normalized spacial score (nSPS) is 12.9. The summed E-state index contributed by atoms with van der Waals surface area (Å²) in [5.41, 5.74) is 20.8. The van der Waals surface area contributed by atoms with Gasteiger partial charge in [0.05, 0.1) is 5.69 Å². The highest BCUT2D eigenvalue weighted by atomic mass is 16.5. The lowest BCUT2D eigenvalue weighted by Crippen LogP contribution is -2.59. The van der Waals surface area contributed by atoms with E-state index in [2.05, 4.69) is 290 Å². The predicted octanol–water partition coefficient (Wildman–Crippen LogP) is 16.9. The number of anilines is 9. The van der Waals surface area contributed by atoms with Crippen molar-refractivity contribution in [2.45, 2.75) is 85.5 Å². The Morgan fingerprint density at radius 3 is 1.42 bits per heavy atom. The van der Waals surface area contributed by atoms with Gasteiger partial charge in [0.2, 0.25) is 0 Å². The Balaban J connectivity index is 1.18. The molecule has 0 bridgehead atoms. The first kappa shape index (κ1) is 46.6. The molecule has 0 aromatic heterocycles. The molecular formula is C67H64BN3O. The van der Waals surface area contributed by atoms with Crippen LogP contribution in [0, 0.1) is 6.92 Å². The molecule has 0 aliphatic carbocycles. The summed E-state index contributed by atoms with van der Waals surface area (Å²) >= 11 is 0. The number of benzene rings is 9. The molecule has 2 aliphatic heterocycles. The van der Waals surface area contributed by atoms with Gasteiger partial charge in [-0.1, -0.05) is 172 Å². The second kappa shape index (κ2) is 17.8. The lowest BCUT2D eigenvalue weighted by atomic mass is 9.34. The maximum Gasteiger partial charge on any atom is 0.256 e. The van der Waals surface area contributed by atoms with E-state index in [1.54, 1.807) is 0 Å². The van der Waals surface area contributed by atoms with E-state index < -0.39 is 0 Å². The van der Waals surface area contributed by atoms with Crippen LogP contribution in [-0.4, -0.2) is 6.71 Å². The molecule has 9 aromatic rings. The van der Waals surface area contributed by atoms with E-state index in [1.807, 2.05) is 0 Å². The van der Waals surface area contributed by atoms with Crippen molar-refractivity contribution in [1.82, 2.24) is 0 Å². The minimum absolute atomic E-state index is 0.0170. The lowest BCUT2D eigenvalue weighted by Gasteiger charge is -2.42. The monoisotopic (exact) mass is 938 g/mol. The molecular weight excluding hydrogens is 874 g/mol. The highest BCUT2D eigenvalue weighted by Crippen LogP contribution is 2.49. The molecule has 11 rings (SSSR count). The van der Waals surface area contributed by atoms with E-state index in [1.165, 1.54) is 38.7 Å². The van der Waals surface area contributed by atoms with Crippen molar-refractivity contribution >= 4 is 74.3 Å². The van der Waals surface area contributed by atoms with Gasteiger partial charge in [-0.25, -0.2) is 0 Å². The minimum Gasteiger partial charge on any atom is -0.458 e. The van der Waals surface area contributed by atoms with Gasteiger partial charge in [0, 0.05) is 57.1 Å². The topological polar surface area (TPSA) is 19.0 Å². The van der Waals surface area contributed by atoms with E-state index in [0.717, 1.165) is 73.7 Å². The van der Waals surface area contributed by atoms with Gasteiger partial charge in [-0.15, -0.1) is 0 Å². The second-order valence-electron chi connectivity index (χ2n) is 22.8. The van der Waals surface area contributed by atoms with Crippen LogP contribution in [-0.2, 0) is 16.2 Å². The molecule has 0 unspecified atom stereocenters. The molecule has 9 aromatic carbocycles. The number of aryl methyl sites for hydroxylation is 1. The number of fused-ring (bicyclic) bond motifs is 4. The van der Waals surface area contributed by atoms with E-state index >= 15 is 0 Å². The number of hydrogen-bond donors (Lipinski definition) is 0. The summed E-state index contributed by atoms with van der Waals surface area (Å²) in [6.45, 7) is 23.1. The number of nitrogens with zero attached hydrogens (tertiary/aromatic N) is 3. The zero-order chi connectivity index (χ0) is 50.1. The van der Waals surface area contributed by atoms with Gasteiger partial charge >= 0.3 is 0 Å². The van der Waals surface area contributed by atoms with Crippen LogP contribution in [0.1, 0.15) is 84.6 Å². The van der Waals surface area contributed by atoms with Crippen molar-refractivity contribution in [1.29, 1.82) is 0 Å². The summed E-state index contributed by atoms with van der Waals surface area (Å²) in [5.74, 6) is 1.75. The lowest BCUT2D eigenvalue weighted by molar-refractivity contribution is 0.487. The summed E-state index contributed by atoms with van der Waals surface area (Å²) in [5, 5.41) is 0. The van der Waals surface area contributed by atoms with Gasteiger partial charge in [0.15, 0.2) is 0 Å². The third kappa shape index (κ3) is 8.45. The molecule has 0 saturated heterocycles. The predicted molar refractivity (Wildman–Crippen MR) is 308 cm³/mol. The summed E-state index contributed by atoms with van der Waals surface area (Å²) in [4.78, 5) is 7.25. The van der Waals surface area contributed by atoms with Crippen molar-refractivity contribution < 1.29 is 4.74 Å². The molecule has 0 saturated carbocycles. The van der Waals surface area contributed by atoms with Crippen LogP contribution in [0.25, 0.3) is 11.1 Å². The first-order valence-electron chi connectivity index (χ1n) is 25.5. The Morgan fingerprint density at radius 1 is 0.389 bits per heavy atom. The molecule has 0 N–H and O–H groups in total. The number of rotatable bonds is 8. The quantitative estimate of drug-likeness (QED) is 0.141. The zero-order valence-electron chi connectivity index (χ0n) is 43.5. The summed E-state index contributed by atoms with van der Waals surface area (Å²) in [7, 11) is 0. The van der Waals surface area contributed by atoms with Crippen LogP contribution < -0.4 is 35.8 Å². The van der Waals surface area contributed by atoms with Gasteiger partial charge in [-0.3, -0.25) is 0 Å². The van der Waals surface area contributed by atoms with Gasteiger partial charge < -0.3 is 19.4 Å². The van der Waals surface area contributed by atoms with Crippen molar-refractivity contribution in [2.75, 3.05) is 14.7 Å². The van der Waals surface area contributed by atoms with Crippen LogP contribution >= 0.6 is 0 Å². The maximum atomic E-state index is 7.26. The second-order valence-corrected chi connectivity index (χ2v) is 22.8. The zero-order valence-corrected chi connectivity index (χ0v) is 43.5. The molecule has 356 valence electrons. The van der Waals surface area contributed by atoms with Crippen molar-refractivity contribution in [3.8, 4) is 22.6 Å². The Bertz CT molecular complexity index is 3380. The van der Waals surface area contributed by atoms with Crippen LogP contribution in [0.3, 0.4) is 0 Å². The number of para-hydroxylation sites is 4. The average Bonchev–Trinajstić information content (AvgIpc) is 3.36. The Kier molecular flexibility index (Phi) is 11.5. The molecule has 0 amide bonds. The molecule has 0 radical (unpaired) electrons. The molecule has 5 heteroatoms. The average molecular weight is 938 g/mol. The molecule has 0 fully saturated rings. The fourth-order valence-electron chi connectivity index (χ4n) is 11.0. The van der Waals surface area contributed by atoms with Crippen molar-refractivity contribution in [2.24, 2.45) is 0 Å². The first-order valence-corrected chi connectivity index (χ1v) is 25.5. The van der Waals surface area contributed by atoms with E-state index in [9.17, 15) is 0 Å². The van der Waals surface area contributed by atoms with Gasteiger partial charge in [0.1, 0.15) is 11.5 Å². The van der Waals surface area contributed by atoms with Crippen LogP contribution in [0.5, 0.6) is 11.5 Å². The van der Waals surface area contributed by atoms with Gasteiger partial charge in [0.25, 0.3) is 6.71 Å². The first-order chi connectivity index (χ1) is 34.5. The minimum atomic E-state index is -0.103. The van der Waals surface area contributed by atoms with Crippen molar-refractivity contribution in [3.63, 3.8) is 0 Å². The molecule has 2 heterocycles. The molecule has 0 spiro atoms. The Hall–Kier alpha value is -7.76. The third-order valence-electron chi connectivity index (χ3n) is 14.5. The maximum absolute atomic E-state index is 7.26. The number of hydrogen-bond acceptors (Lipinski definition) is 4. The highest BCUT2D eigenvalue weighted by Gasteiger charge is 2.43. The van der Waals surface area contributed by atoms with Gasteiger partial charge in [-0.05, 0) is 158 Å². The molecule has 72 heavy (non-hydrogen) atoms. The third-order valence-corrected chi connectivity index (χ3v) is 14.5. The summed E-state index contributed by atoms with van der Waals surface area (Å²) in [6, 6.07) is 75.7. The fourth-order valence-corrected chi connectivity index (χ4v) is 11.0. The van der Waals surface area contributed by atoms with Crippen LogP contribution in [0.15, 0.2) is 206 Å². The van der Waals surface area contributed by atoms with Crippen LogP contribution in [0.2, 0.25) is 0 Å².